The molecule has 0 aliphatic carbocycles. The first-order chi connectivity index (χ1) is 11.6. The maximum atomic E-state index is 12.5. The van der Waals surface area contributed by atoms with E-state index >= 15 is 0 Å². The number of aromatic amines is 1. The predicted octanol–water partition coefficient (Wildman–Crippen LogP) is 4.29. The van der Waals surface area contributed by atoms with Crippen LogP contribution in [0.5, 0.6) is 5.75 Å². The second-order valence-corrected chi connectivity index (χ2v) is 6.12. The van der Waals surface area contributed by atoms with Crippen molar-refractivity contribution in [1.82, 2.24) is 4.98 Å². The van der Waals surface area contributed by atoms with Crippen LogP contribution in [0.25, 0.3) is 21.5 Å². The average Bonchev–Trinajstić information content (AvgIpc) is 2.58. The summed E-state index contributed by atoms with van der Waals surface area (Å²) in [5.41, 5.74) is 2.28. The lowest BCUT2D eigenvalue weighted by Crippen LogP contribution is -2.15. The van der Waals surface area contributed by atoms with Gasteiger partial charge < -0.3 is 10.1 Å². The number of benzene rings is 3. The Labute approximate surface area is 139 Å². The molecule has 4 aromatic rings. The molecule has 118 valence electrons. The summed E-state index contributed by atoms with van der Waals surface area (Å²) in [5.74, 6) is 0.150. The summed E-state index contributed by atoms with van der Waals surface area (Å²) in [6.45, 7) is 1.85. The first kappa shape index (κ1) is 14.5. The smallest absolute Gasteiger partial charge is 0.252 e. The SMILES string of the molecule is Cc1[nH]c(=O)c(Cc2ccc3ccccc3c2)c2c(O)cccc12. The summed E-state index contributed by atoms with van der Waals surface area (Å²) in [6, 6.07) is 19.7. The molecule has 0 amide bonds. The minimum Gasteiger partial charge on any atom is -0.507 e. The molecule has 0 unspecified atom stereocenters. The van der Waals surface area contributed by atoms with Gasteiger partial charge in [0.15, 0.2) is 0 Å². The Morgan fingerprint density at radius 3 is 2.58 bits per heavy atom. The van der Waals surface area contributed by atoms with Gasteiger partial charge in [0.2, 0.25) is 0 Å². The number of pyridine rings is 1. The van der Waals surface area contributed by atoms with E-state index in [1.165, 1.54) is 5.39 Å². The molecule has 3 aromatic carbocycles. The van der Waals surface area contributed by atoms with Gasteiger partial charge >= 0.3 is 0 Å². The van der Waals surface area contributed by atoms with Gasteiger partial charge in [0.1, 0.15) is 5.75 Å². The molecule has 2 N–H and O–H groups in total. The molecular formula is C21H17NO2. The van der Waals surface area contributed by atoms with Crippen LogP contribution in [0.15, 0.2) is 65.5 Å². The standard InChI is InChI=1S/C21H17NO2/c1-13-17-7-4-8-19(23)20(17)18(21(24)22-13)12-14-9-10-15-5-2-3-6-16(15)11-14/h2-11,23H,12H2,1H3,(H,22,24). The first-order valence-corrected chi connectivity index (χ1v) is 7.94. The number of aromatic nitrogens is 1. The molecule has 0 aliphatic rings. The van der Waals surface area contributed by atoms with E-state index in [0.29, 0.717) is 17.4 Å². The van der Waals surface area contributed by atoms with Crippen LogP contribution >= 0.6 is 0 Å². The molecule has 1 aromatic heterocycles. The Kier molecular flexibility index (Phi) is 3.35. The van der Waals surface area contributed by atoms with E-state index in [4.69, 9.17) is 0 Å². The lowest BCUT2D eigenvalue weighted by Gasteiger charge is -2.10. The molecule has 0 saturated carbocycles. The molecule has 0 fully saturated rings. The molecule has 24 heavy (non-hydrogen) atoms. The van der Waals surface area contributed by atoms with Gasteiger partial charge in [-0.3, -0.25) is 4.79 Å². The fourth-order valence-electron chi connectivity index (χ4n) is 3.32. The van der Waals surface area contributed by atoms with Crippen molar-refractivity contribution in [3.05, 3.63) is 87.8 Å². The Hall–Kier alpha value is -3.07. The van der Waals surface area contributed by atoms with Crippen LogP contribution in [-0.2, 0) is 6.42 Å². The molecule has 0 aliphatic heterocycles. The number of hydrogen-bond acceptors (Lipinski definition) is 2. The molecule has 3 nitrogen and oxygen atoms in total. The van der Waals surface area contributed by atoms with Crippen molar-refractivity contribution in [3.8, 4) is 5.75 Å². The van der Waals surface area contributed by atoms with E-state index in [1.54, 1.807) is 12.1 Å². The summed E-state index contributed by atoms with van der Waals surface area (Å²) >= 11 is 0. The van der Waals surface area contributed by atoms with Crippen molar-refractivity contribution in [1.29, 1.82) is 0 Å². The number of rotatable bonds is 2. The Balaban J connectivity index is 1.91. The van der Waals surface area contributed by atoms with Crippen molar-refractivity contribution in [3.63, 3.8) is 0 Å². The van der Waals surface area contributed by atoms with Crippen LogP contribution in [0.2, 0.25) is 0 Å². The van der Waals surface area contributed by atoms with Crippen LogP contribution in [-0.4, -0.2) is 10.1 Å². The number of H-pyrrole nitrogens is 1. The van der Waals surface area contributed by atoms with Crippen LogP contribution in [0, 0.1) is 6.92 Å². The molecule has 0 atom stereocenters. The molecule has 1 heterocycles. The normalized spacial score (nSPS) is 11.2. The number of aromatic hydroxyl groups is 1. The average molecular weight is 315 g/mol. The highest BCUT2D eigenvalue weighted by atomic mass is 16.3. The van der Waals surface area contributed by atoms with Crippen LogP contribution in [0.4, 0.5) is 0 Å². The topological polar surface area (TPSA) is 53.1 Å². The largest absolute Gasteiger partial charge is 0.507 e. The molecular weight excluding hydrogens is 298 g/mol. The third-order valence-electron chi connectivity index (χ3n) is 4.52. The summed E-state index contributed by atoms with van der Waals surface area (Å²) in [7, 11) is 0. The number of nitrogens with one attached hydrogen (secondary N) is 1. The predicted molar refractivity (Wildman–Crippen MR) is 97.7 cm³/mol. The number of phenolic OH excluding ortho intramolecular Hbond substituents is 1. The van der Waals surface area contributed by atoms with Gasteiger partial charge in [-0.2, -0.15) is 0 Å². The fourth-order valence-corrected chi connectivity index (χ4v) is 3.32. The zero-order valence-corrected chi connectivity index (χ0v) is 13.3. The number of phenols is 1. The van der Waals surface area contributed by atoms with Gasteiger partial charge in [-0.05, 0) is 29.3 Å². The third kappa shape index (κ3) is 2.35. The minimum atomic E-state index is -0.144. The van der Waals surface area contributed by atoms with Crippen LogP contribution in [0.3, 0.4) is 0 Å². The van der Waals surface area contributed by atoms with E-state index in [2.05, 4.69) is 29.2 Å². The maximum absolute atomic E-state index is 12.5. The molecule has 0 spiro atoms. The van der Waals surface area contributed by atoms with Gasteiger partial charge in [-0.25, -0.2) is 0 Å². The van der Waals surface area contributed by atoms with Crippen molar-refractivity contribution in [2.45, 2.75) is 13.3 Å². The van der Waals surface area contributed by atoms with E-state index in [1.807, 2.05) is 31.2 Å². The summed E-state index contributed by atoms with van der Waals surface area (Å²) in [4.78, 5) is 15.4. The zero-order chi connectivity index (χ0) is 16.7. The van der Waals surface area contributed by atoms with Gasteiger partial charge in [0.25, 0.3) is 5.56 Å². The summed E-state index contributed by atoms with van der Waals surface area (Å²) in [5, 5.41) is 14.1. The highest BCUT2D eigenvalue weighted by Gasteiger charge is 2.13. The quantitative estimate of drug-likeness (QED) is 0.580. The second-order valence-electron chi connectivity index (χ2n) is 6.12. The molecule has 0 saturated heterocycles. The molecule has 0 bridgehead atoms. The highest BCUT2D eigenvalue weighted by Crippen LogP contribution is 2.29. The number of aryl methyl sites for hydroxylation is 1. The zero-order valence-electron chi connectivity index (χ0n) is 13.3. The van der Waals surface area contributed by atoms with Crippen molar-refractivity contribution in [2.75, 3.05) is 0 Å². The number of fused-ring (bicyclic) bond motifs is 2. The van der Waals surface area contributed by atoms with Gasteiger partial charge in [0, 0.05) is 28.5 Å². The van der Waals surface area contributed by atoms with Gasteiger partial charge in [0.05, 0.1) is 0 Å². The van der Waals surface area contributed by atoms with E-state index < -0.39 is 0 Å². The number of hydrogen-bond donors (Lipinski definition) is 2. The van der Waals surface area contributed by atoms with E-state index in [9.17, 15) is 9.90 Å². The molecule has 3 heteroatoms. The van der Waals surface area contributed by atoms with Crippen LogP contribution in [0.1, 0.15) is 16.8 Å². The maximum Gasteiger partial charge on any atom is 0.252 e. The van der Waals surface area contributed by atoms with E-state index in [0.717, 1.165) is 22.0 Å². The van der Waals surface area contributed by atoms with Gasteiger partial charge in [-0.15, -0.1) is 0 Å². The Morgan fingerprint density at radius 1 is 0.958 bits per heavy atom. The summed E-state index contributed by atoms with van der Waals surface area (Å²) < 4.78 is 0. The van der Waals surface area contributed by atoms with Crippen molar-refractivity contribution >= 4 is 21.5 Å². The molecule has 4 rings (SSSR count). The second kappa shape index (κ2) is 5.53. The lowest BCUT2D eigenvalue weighted by atomic mass is 9.97. The van der Waals surface area contributed by atoms with Gasteiger partial charge in [-0.1, -0.05) is 54.6 Å². The first-order valence-electron chi connectivity index (χ1n) is 7.94. The highest BCUT2D eigenvalue weighted by molar-refractivity contribution is 5.92. The van der Waals surface area contributed by atoms with Crippen molar-refractivity contribution < 1.29 is 5.11 Å². The summed E-state index contributed by atoms with van der Waals surface area (Å²) in [6.07, 6.45) is 0.481. The third-order valence-corrected chi connectivity index (χ3v) is 4.52. The van der Waals surface area contributed by atoms with Crippen molar-refractivity contribution in [2.24, 2.45) is 0 Å². The van der Waals surface area contributed by atoms with Crippen LogP contribution < -0.4 is 5.56 Å². The minimum absolute atomic E-state index is 0.144. The Morgan fingerprint density at radius 2 is 1.75 bits per heavy atom. The van der Waals surface area contributed by atoms with E-state index in [-0.39, 0.29) is 11.3 Å². The lowest BCUT2D eigenvalue weighted by molar-refractivity contribution is 0.481. The molecule has 0 radical (unpaired) electrons. The fraction of sp³-hybridized carbons (Fsp3) is 0.0952. The Bertz CT molecular complexity index is 1130. The monoisotopic (exact) mass is 315 g/mol.